The molecule has 31 heavy (non-hydrogen) atoms. The van der Waals surface area contributed by atoms with Gasteiger partial charge in [0, 0.05) is 6.42 Å². The van der Waals surface area contributed by atoms with Crippen LogP contribution in [0.2, 0.25) is 0 Å². The molecule has 0 saturated carbocycles. The van der Waals surface area contributed by atoms with Gasteiger partial charge in [-0.25, -0.2) is 4.79 Å². The van der Waals surface area contributed by atoms with Gasteiger partial charge in [-0.1, -0.05) is 58.0 Å². The number of aliphatic carboxylic acids is 1. The highest BCUT2D eigenvalue weighted by Gasteiger charge is 2.31. The normalized spacial score (nSPS) is 13.9. The molecule has 9 nitrogen and oxygen atoms in total. The van der Waals surface area contributed by atoms with Crippen LogP contribution >= 0.6 is 0 Å². The number of carbonyl (C=O) groups is 4. The van der Waals surface area contributed by atoms with E-state index >= 15 is 0 Å². The zero-order valence-corrected chi connectivity index (χ0v) is 18.6. The van der Waals surface area contributed by atoms with Crippen LogP contribution in [0.5, 0.6) is 0 Å². The van der Waals surface area contributed by atoms with Crippen LogP contribution < -0.4 is 21.7 Å². The second kappa shape index (κ2) is 12.7. The minimum atomic E-state index is -1.14. The fraction of sp³-hybridized carbons (Fsp3) is 0.545. The number of amides is 3. The lowest BCUT2D eigenvalue weighted by Crippen LogP contribution is -2.58. The van der Waals surface area contributed by atoms with E-state index < -0.39 is 41.8 Å². The highest BCUT2D eigenvalue weighted by Crippen LogP contribution is 2.09. The Morgan fingerprint density at radius 3 is 1.97 bits per heavy atom. The quantitative estimate of drug-likeness (QED) is 0.322. The molecule has 1 aromatic carbocycles. The number of benzene rings is 1. The average Bonchev–Trinajstić information content (AvgIpc) is 2.70. The Labute approximate surface area is 183 Å². The summed E-state index contributed by atoms with van der Waals surface area (Å²) >= 11 is 0. The second-order valence-electron chi connectivity index (χ2n) is 8.27. The van der Waals surface area contributed by atoms with Gasteiger partial charge in [0.05, 0.1) is 6.54 Å². The van der Waals surface area contributed by atoms with Crippen LogP contribution in [0.1, 0.15) is 39.7 Å². The molecule has 0 aliphatic carbocycles. The van der Waals surface area contributed by atoms with E-state index in [0.717, 1.165) is 5.56 Å². The smallest absolute Gasteiger partial charge is 0.326 e. The molecule has 0 aliphatic rings. The Morgan fingerprint density at radius 2 is 1.48 bits per heavy atom. The SMILES string of the molecule is CC(C)CC(NC(=O)C(Cc1ccccc1)NC(=O)C(NC(=O)CN)C(C)C)C(=O)O. The number of nitrogens with two attached hydrogens (primary N) is 1. The monoisotopic (exact) mass is 434 g/mol. The average molecular weight is 435 g/mol. The van der Waals surface area contributed by atoms with Gasteiger partial charge < -0.3 is 26.8 Å². The van der Waals surface area contributed by atoms with Crippen molar-refractivity contribution in [2.45, 2.75) is 58.7 Å². The number of carbonyl (C=O) groups excluding carboxylic acids is 3. The molecular weight excluding hydrogens is 400 g/mol. The van der Waals surface area contributed by atoms with E-state index in [2.05, 4.69) is 16.0 Å². The van der Waals surface area contributed by atoms with E-state index in [9.17, 15) is 24.3 Å². The van der Waals surface area contributed by atoms with Crippen LogP contribution in [-0.4, -0.2) is 53.5 Å². The standard InChI is InChI=1S/C22H34N4O5/c1-13(2)10-17(22(30)31)25-20(28)16(11-15-8-6-5-7-9-15)24-21(29)19(14(3)4)26-18(27)12-23/h5-9,13-14,16-17,19H,10-12,23H2,1-4H3,(H,24,29)(H,25,28)(H,26,27)(H,30,31). The molecule has 0 radical (unpaired) electrons. The van der Waals surface area contributed by atoms with Crippen LogP contribution in [0.3, 0.4) is 0 Å². The first-order valence-electron chi connectivity index (χ1n) is 10.4. The molecule has 3 unspecified atom stereocenters. The molecule has 0 bridgehead atoms. The molecule has 0 saturated heterocycles. The van der Waals surface area contributed by atoms with Gasteiger partial charge in [-0.2, -0.15) is 0 Å². The van der Waals surface area contributed by atoms with Crippen molar-refractivity contribution in [3.05, 3.63) is 35.9 Å². The minimum Gasteiger partial charge on any atom is -0.480 e. The summed E-state index contributed by atoms with van der Waals surface area (Å²) < 4.78 is 0. The van der Waals surface area contributed by atoms with Crippen molar-refractivity contribution in [1.82, 2.24) is 16.0 Å². The van der Waals surface area contributed by atoms with Crippen LogP contribution in [0.25, 0.3) is 0 Å². The lowest BCUT2D eigenvalue weighted by atomic mass is 10.00. The largest absolute Gasteiger partial charge is 0.480 e. The summed E-state index contributed by atoms with van der Waals surface area (Å²) in [5.41, 5.74) is 6.13. The van der Waals surface area contributed by atoms with E-state index in [1.165, 1.54) is 0 Å². The number of rotatable bonds is 12. The Balaban J connectivity index is 3.06. The Hall–Kier alpha value is -2.94. The molecule has 0 aromatic heterocycles. The van der Waals surface area contributed by atoms with Gasteiger partial charge in [0.15, 0.2) is 0 Å². The number of carboxylic acids is 1. The van der Waals surface area contributed by atoms with Gasteiger partial charge in [0.25, 0.3) is 0 Å². The molecule has 0 spiro atoms. The van der Waals surface area contributed by atoms with Crippen molar-refractivity contribution in [1.29, 1.82) is 0 Å². The van der Waals surface area contributed by atoms with E-state index in [0.29, 0.717) is 0 Å². The van der Waals surface area contributed by atoms with Crippen molar-refractivity contribution in [3.8, 4) is 0 Å². The summed E-state index contributed by atoms with van der Waals surface area (Å²) in [5.74, 6) is -2.95. The highest BCUT2D eigenvalue weighted by atomic mass is 16.4. The second-order valence-corrected chi connectivity index (χ2v) is 8.27. The Kier molecular flexibility index (Phi) is 10.7. The third-order valence-electron chi connectivity index (χ3n) is 4.69. The number of carboxylic acid groups (broad SMARTS) is 1. The number of hydrogen-bond acceptors (Lipinski definition) is 5. The van der Waals surface area contributed by atoms with Crippen molar-refractivity contribution < 1.29 is 24.3 Å². The van der Waals surface area contributed by atoms with Crippen LogP contribution in [0, 0.1) is 11.8 Å². The maximum Gasteiger partial charge on any atom is 0.326 e. The first kappa shape index (κ1) is 26.1. The molecule has 1 rings (SSSR count). The topological polar surface area (TPSA) is 151 Å². The van der Waals surface area contributed by atoms with Crippen molar-refractivity contribution >= 4 is 23.7 Å². The summed E-state index contributed by atoms with van der Waals surface area (Å²) in [4.78, 5) is 49.1. The van der Waals surface area contributed by atoms with Gasteiger partial charge in [-0.05, 0) is 23.8 Å². The molecule has 0 heterocycles. The van der Waals surface area contributed by atoms with Crippen LogP contribution in [0.15, 0.2) is 30.3 Å². The van der Waals surface area contributed by atoms with E-state index in [4.69, 9.17) is 5.73 Å². The van der Waals surface area contributed by atoms with Gasteiger partial charge in [0.2, 0.25) is 17.7 Å². The summed E-state index contributed by atoms with van der Waals surface area (Å²) in [7, 11) is 0. The number of nitrogens with one attached hydrogen (secondary N) is 3. The van der Waals surface area contributed by atoms with Crippen molar-refractivity contribution in [3.63, 3.8) is 0 Å². The molecular formula is C22H34N4O5. The Bertz CT molecular complexity index is 752. The lowest BCUT2D eigenvalue weighted by molar-refractivity contribution is -0.142. The van der Waals surface area contributed by atoms with E-state index in [1.54, 1.807) is 13.8 Å². The van der Waals surface area contributed by atoms with Gasteiger partial charge >= 0.3 is 5.97 Å². The first-order chi connectivity index (χ1) is 14.5. The third-order valence-corrected chi connectivity index (χ3v) is 4.69. The zero-order chi connectivity index (χ0) is 23.6. The lowest BCUT2D eigenvalue weighted by Gasteiger charge is -2.26. The van der Waals surface area contributed by atoms with E-state index in [-0.39, 0.29) is 31.2 Å². The number of hydrogen-bond donors (Lipinski definition) is 5. The molecule has 1 aromatic rings. The van der Waals surface area contributed by atoms with Gasteiger partial charge in [-0.15, -0.1) is 0 Å². The predicted molar refractivity (Wildman–Crippen MR) is 117 cm³/mol. The molecule has 3 atom stereocenters. The van der Waals surface area contributed by atoms with E-state index in [1.807, 2.05) is 44.2 Å². The molecule has 172 valence electrons. The maximum absolute atomic E-state index is 13.0. The molecule has 6 N–H and O–H groups in total. The predicted octanol–water partition coefficient (Wildman–Crippen LogP) is 0.429. The minimum absolute atomic E-state index is 0.0559. The van der Waals surface area contributed by atoms with Gasteiger partial charge in [-0.3, -0.25) is 14.4 Å². The van der Waals surface area contributed by atoms with Gasteiger partial charge in [0.1, 0.15) is 18.1 Å². The van der Waals surface area contributed by atoms with Crippen LogP contribution in [0.4, 0.5) is 0 Å². The molecule has 0 fully saturated rings. The van der Waals surface area contributed by atoms with Crippen molar-refractivity contribution in [2.24, 2.45) is 17.6 Å². The van der Waals surface area contributed by atoms with Crippen LogP contribution in [-0.2, 0) is 25.6 Å². The molecule has 9 heteroatoms. The molecule has 3 amide bonds. The van der Waals surface area contributed by atoms with Crippen molar-refractivity contribution in [2.75, 3.05) is 6.54 Å². The fourth-order valence-electron chi connectivity index (χ4n) is 3.05. The summed E-state index contributed by atoms with van der Waals surface area (Å²) in [5, 5.41) is 17.2. The maximum atomic E-state index is 13.0. The Morgan fingerprint density at radius 1 is 0.903 bits per heavy atom. The molecule has 0 aliphatic heterocycles. The summed E-state index contributed by atoms with van der Waals surface area (Å²) in [6, 6.07) is 6.11. The fourth-order valence-corrected chi connectivity index (χ4v) is 3.05. The third kappa shape index (κ3) is 9.17. The summed E-state index contributed by atoms with van der Waals surface area (Å²) in [6.07, 6.45) is 0.427. The highest BCUT2D eigenvalue weighted by molar-refractivity contribution is 5.93. The summed E-state index contributed by atoms with van der Waals surface area (Å²) in [6.45, 7) is 6.98. The first-order valence-corrected chi connectivity index (χ1v) is 10.4. The zero-order valence-electron chi connectivity index (χ0n) is 18.6.